The van der Waals surface area contributed by atoms with Gasteiger partial charge in [-0.05, 0) is 43.3 Å². The molecule has 3 fully saturated rings. The Morgan fingerprint density at radius 1 is 1.12 bits per heavy atom. The van der Waals surface area contributed by atoms with Crippen molar-refractivity contribution in [2.75, 3.05) is 32.8 Å². The van der Waals surface area contributed by atoms with Gasteiger partial charge in [0.05, 0.1) is 0 Å². The molecule has 0 saturated carbocycles. The van der Waals surface area contributed by atoms with Crippen molar-refractivity contribution in [1.82, 2.24) is 10.2 Å². The first kappa shape index (κ1) is 15.9. The van der Waals surface area contributed by atoms with E-state index in [1.165, 1.54) is 25.9 Å². The third-order valence-electron chi connectivity index (χ3n) is 5.45. The van der Waals surface area contributed by atoms with Crippen LogP contribution < -0.4 is 10.1 Å². The first-order chi connectivity index (χ1) is 11.8. The van der Waals surface area contributed by atoms with Crippen LogP contribution in [-0.2, 0) is 0 Å². The van der Waals surface area contributed by atoms with Gasteiger partial charge in [0, 0.05) is 24.5 Å². The zero-order valence-corrected chi connectivity index (χ0v) is 14.0. The maximum absolute atomic E-state index is 10.3. The fraction of sp³-hybridized carbons (Fsp3) is 0.500. The van der Waals surface area contributed by atoms with E-state index in [4.69, 9.17) is 4.74 Å². The molecule has 3 aliphatic rings. The molecule has 3 aliphatic heterocycles. The second-order valence-electron chi connectivity index (χ2n) is 7.09. The van der Waals surface area contributed by atoms with Gasteiger partial charge in [0.2, 0.25) is 0 Å². The highest BCUT2D eigenvalue weighted by Crippen LogP contribution is 2.27. The maximum atomic E-state index is 10.3. The first-order valence-corrected chi connectivity index (χ1v) is 9.04. The molecule has 0 unspecified atom stereocenters. The highest BCUT2D eigenvalue weighted by atomic mass is 16.5. The van der Waals surface area contributed by atoms with E-state index in [-0.39, 0.29) is 0 Å². The van der Waals surface area contributed by atoms with Crippen molar-refractivity contribution < 1.29 is 9.84 Å². The average molecular weight is 326 g/mol. The predicted molar refractivity (Wildman–Crippen MR) is 96.4 cm³/mol. The Morgan fingerprint density at radius 2 is 1.92 bits per heavy atom. The number of aliphatic hydroxyl groups is 1. The molecule has 0 radical (unpaired) electrons. The smallest absolute Gasteiger partial charge is 0.127 e. The zero-order chi connectivity index (χ0) is 16.4. The monoisotopic (exact) mass is 326 g/mol. The molecule has 4 heteroatoms. The van der Waals surface area contributed by atoms with Crippen LogP contribution in [0.3, 0.4) is 0 Å². The number of piperidine rings is 3. The third-order valence-corrected chi connectivity index (χ3v) is 5.45. The van der Waals surface area contributed by atoms with Gasteiger partial charge < -0.3 is 20.1 Å². The van der Waals surface area contributed by atoms with Crippen LogP contribution in [0.1, 0.15) is 12.8 Å². The van der Waals surface area contributed by atoms with Crippen LogP contribution in [-0.4, -0.2) is 54.9 Å². The summed E-state index contributed by atoms with van der Waals surface area (Å²) in [6.07, 6.45) is 2.10. The molecule has 0 spiro atoms. The molecule has 24 heavy (non-hydrogen) atoms. The Bertz CT molecular complexity index is 677. The number of rotatable bonds is 6. The Labute approximate surface area is 143 Å². The molecule has 2 aromatic rings. The lowest BCUT2D eigenvalue weighted by Crippen LogP contribution is -2.57. The minimum atomic E-state index is -0.487. The van der Waals surface area contributed by atoms with E-state index >= 15 is 0 Å². The fourth-order valence-corrected chi connectivity index (χ4v) is 4.05. The van der Waals surface area contributed by atoms with Gasteiger partial charge in [-0.25, -0.2) is 0 Å². The van der Waals surface area contributed by atoms with Gasteiger partial charge in [-0.15, -0.1) is 0 Å². The summed E-state index contributed by atoms with van der Waals surface area (Å²) in [5.74, 6) is 1.62. The van der Waals surface area contributed by atoms with Crippen LogP contribution in [0.2, 0.25) is 0 Å². The van der Waals surface area contributed by atoms with Crippen molar-refractivity contribution in [2.45, 2.75) is 25.0 Å². The van der Waals surface area contributed by atoms with Crippen LogP contribution >= 0.6 is 0 Å². The number of nitrogens with one attached hydrogen (secondary N) is 1. The van der Waals surface area contributed by atoms with Crippen molar-refractivity contribution in [3.8, 4) is 5.75 Å². The number of fused-ring (bicyclic) bond motifs is 4. The second-order valence-corrected chi connectivity index (χ2v) is 7.09. The first-order valence-electron chi connectivity index (χ1n) is 9.04. The Kier molecular flexibility index (Phi) is 4.69. The van der Waals surface area contributed by atoms with Gasteiger partial charge in [-0.2, -0.15) is 0 Å². The molecule has 2 bridgehead atoms. The Morgan fingerprint density at radius 3 is 2.71 bits per heavy atom. The van der Waals surface area contributed by atoms with Gasteiger partial charge in [-0.3, -0.25) is 0 Å². The van der Waals surface area contributed by atoms with E-state index in [1.54, 1.807) is 0 Å². The molecule has 5 rings (SSSR count). The summed E-state index contributed by atoms with van der Waals surface area (Å²) in [7, 11) is 0. The van der Waals surface area contributed by atoms with Gasteiger partial charge in [0.1, 0.15) is 18.5 Å². The summed E-state index contributed by atoms with van der Waals surface area (Å²) in [5, 5.41) is 16.1. The molecule has 2 N–H and O–H groups in total. The molecule has 2 atom stereocenters. The number of benzene rings is 2. The van der Waals surface area contributed by atoms with Gasteiger partial charge in [0.25, 0.3) is 0 Å². The summed E-state index contributed by atoms with van der Waals surface area (Å²) in [4.78, 5) is 2.52. The summed E-state index contributed by atoms with van der Waals surface area (Å²) >= 11 is 0. The lowest BCUT2D eigenvalue weighted by atomic mass is 9.84. The number of nitrogens with zero attached hydrogens (tertiary/aromatic N) is 1. The number of ether oxygens (including phenoxy) is 1. The van der Waals surface area contributed by atoms with E-state index in [0.29, 0.717) is 19.2 Å². The molecule has 2 aromatic carbocycles. The Hall–Kier alpha value is -1.62. The highest BCUT2D eigenvalue weighted by molar-refractivity contribution is 5.88. The van der Waals surface area contributed by atoms with Gasteiger partial charge >= 0.3 is 0 Å². The zero-order valence-electron chi connectivity index (χ0n) is 14.0. The largest absolute Gasteiger partial charge is 0.490 e. The molecular formula is C20H26N2O2. The number of hydrogen-bond donors (Lipinski definition) is 2. The molecule has 3 heterocycles. The van der Waals surface area contributed by atoms with Crippen molar-refractivity contribution in [3.63, 3.8) is 0 Å². The summed E-state index contributed by atoms with van der Waals surface area (Å²) in [6.45, 7) is 4.54. The molecule has 0 amide bonds. The van der Waals surface area contributed by atoms with E-state index in [0.717, 1.165) is 29.0 Å². The topological polar surface area (TPSA) is 44.7 Å². The van der Waals surface area contributed by atoms with E-state index in [1.807, 2.05) is 24.3 Å². The van der Waals surface area contributed by atoms with Crippen LogP contribution in [0.4, 0.5) is 0 Å². The van der Waals surface area contributed by atoms with Crippen molar-refractivity contribution in [3.05, 3.63) is 42.5 Å². The van der Waals surface area contributed by atoms with Crippen LogP contribution in [0.5, 0.6) is 5.75 Å². The maximum Gasteiger partial charge on any atom is 0.127 e. The van der Waals surface area contributed by atoms with Crippen LogP contribution in [0.25, 0.3) is 10.8 Å². The standard InChI is InChI=1S/C20H26N2O2/c23-17(12-21-19-13-22-10-8-16(19)9-11-22)14-24-20-7-3-5-15-4-1-2-6-18(15)20/h1-7,16-17,19,21,23H,8-14H2/t17-,19+/m1/s1. The lowest BCUT2D eigenvalue weighted by molar-refractivity contribution is 0.0553. The van der Waals surface area contributed by atoms with E-state index in [2.05, 4.69) is 28.4 Å². The fourth-order valence-electron chi connectivity index (χ4n) is 4.05. The average Bonchev–Trinajstić information content (AvgIpc) is 2.65. The van der Waals surface area contributed by atoms with E-state index in [9.17, 15) is 5.11 Å². The highest BCUT2D eigenvalue weighted by Gasteiger charge is 2.33. The van der Waals surface area contributed by atoms with Gasteiger partial charge in [0.15, 0.2) is 0 Å². The minimum Gasteiger partial charge on any atom is -0.490 e. The molecule has 0 aliphatic carbocycles. The number of hydrogen-bond acceptors (Lipinski definition) is 4. The third kappa shape index (κ3) is 3.41. The molecule has 128 valence electrons. The lowest BCUT2D eigenvalue weighted by Gasteiger charge is -2.45. The summed E-state index contributed by atoms with van der Waals surface area (Å²) < 4.78 is 5.88. The summed E-state index contributed by atoms with van der Waals surface area (Å²) in [5.41, 5.74) is 0. The summed E-state index contributed by atoms with van der Waals surface area (Å²) in [6, 6.07) is 14.7. The van der Waals surface area contributed by atoms with Crippen LogP contribution in [0, 0.1) is 5.92 Å². The molecule has 3 saturated heterocycles. The Balaban J connectivity index is 1.29. The minimum absolute atomic E-state index is 0.322. The van der Waals surface area contributed by atoms with Crippen molar-refractivity contribution in [2.24, 2.45) is 5.92 Å². The molecule has 4 nitrogen and oxygen atoms in total. The van der Waals surface area contributed by atoms with Gasteiger partial charge in [-0.1, -0.05) is 36.4 Å². The quantitative estimate of drug-likeness (QED) is 0.855. The normalized spacial score (nSPS) is 27.3. The van der Waals surface area contributed by atoms with E-state index < -0.39 is 6.10 Å². The van der Waals surface area contributed by atoms with Crippen LogP contribution in [0.15, 0.2) is 42.5 Å². The predicted octanol–water partition coefficient (Wildman–Crippen LogP) is 2.26. The molecular weight excluding hydrogens is 300 g/mol. The van der Waals surface area contributed by atoms with Crippen molar-refractivity contribution >= 4 is 10.8 Å². The number of aliphatic hydroxyl groups excluding tert-OH is 1. The SMILES string of the molecule is O[C@H](CN[C@H]1CN2CCC1CC2)COc1cccc2ccccc12. The second kappa shape index (κ2) is 7.09. The van der Waals surface area contributed by atoms with Crippen molar-refractivity contribution in [1.29, 1.82) is 0 Å². The molecule has 0 aromatic heterocycles.